The summed E-state index contributed by atoms with van der Waals surface area (Å²) in [5, 5.41) is 5.23. The summed E-state index contributed by atoms with van der Waals surface area (Å²) in [5.41, 5.74) is 7.70. The van der Waals surface area contributed by atoms with Gasteiger partial charge in [0, 0.05) is 23.8 Å². The number of hydrogen-bond donors (Lipinski definition) is 0. The van der Waals surface area contributed by atoms with Crippen molar-refractivity contribution >= 4 is 21.5 Å². The van der Waals surface area contributed by atoms with Crippen LogP contribution in [0.3, 0.4) is 0 Å². The molecule has 2 heterocycles. The van der Waals surface area contributed by atoms with Gasteiger partial charge in [0.15, 0.2) is 0 Å². The largest absolute Gasteiger partial charge is 2.00 e. The average Bonchev–Trinajstić information content (AvgIpc) is 3.52. The van der Waals surface area contributed by atoms with Gasteiger partial charge in [0.1, 0.15) is 0 Å². The van der Waals surface area contributed by atoms with Crippen molar-refractivity contribution in [2.45, 2.75) is 27.7 Å². The fourth-order valence-corrected chi connectivity index (χ4v) is 4.59. The first kappa shape index (κ1) is 23.3. The molecule has 0 aliphatic rings. The third-order valence-corrected chi connectivity index (χ3v) is 6.06. The van der Waals surface area contributed by atoms with Gasteiger partial charge in [-0.2, -0.15) is 0 Å². The van der Waals surface area contributed by atoms with Crippen LogP contribution in [0.2, 0.25) is 0 Å². The van der Waals surface area contributed by atoms with E-state index in [4.69, 9.17) is 0 Å². The van der Waals surface area contributed by atoms with Crippen molar-refractivity contribution in [1.29, 1.82) is 0 Å². The Kier molecular flexibility index (Phi) is 6.72. The van der Waals surface area contributed by atoms with Crippen LogP contribution in [0.25, 0.3) is 32.9 Å². The number of hydrogen-bond acceptors (Lipinski definition) is 0. The molecule has 2 nitrogen and oxygen atoms in total. The normalized spacial score (nSPS) is 10.8. The maximum absolute atomic E-state index is 2.25. The molecule has 0 aliphatic heterocycles. The molecular formula is C30H28N2Zr. The summed E-state index contributed by atoms with van der Waals surface area (Å²) in [6.07, 6.45) is 4.37. The van der Waals surface area contributed by atoms with Gasteiger partial charge in [-0.05, 0) is 62.3 Å². The van der Waals surface area contributed by atoms with Crippen molar-refractivity contribution < 1.29 is 26.2 Å². The van der Waals surface area contributed by atoms with Gasteiger partial charge < -0.3 is 9.13 Å². The monoisotopic (exact) mass is 506 g/mol. The summed E-state index contributed by atoms with van der Waals surface area (Å²) in [4.78, 5) is 0. The second kappa shape index (κ2) is 9.53. The van der Waals surface area contributed by atoms with E-state index in [9.17, 15) is 0 Å². The Bertz CT molecular complexity index is 1340. The summed E-state index contributed by atoms with van der Waals surface area (Å²) in [6.45, 7) is 8.55. The van der Waals surface area contributed by atoms with Gasteiger partial charge in [-0.1, -0.05) is 12.1 Å². The topological polar surface area (TPSA) is 9.86 Å². The quantitative estimate of drug-likeness (QED) is 0.211. The van der Waals surface area contributed by atoms with Crippen molar-refractivity contribution in [3.63, 3.8) is 0 Å². The average molecular weight is 508 g/mol. The maximum Gasteiger partial charge on any atom is 2.00 e. The molecule has 3 heteroatoms. The van der Waals surface area contributed by atoms with Crippen LogP contribution in [0, 0.1) is 27.7 Å². The first-order valence-electron chi connectivity index (χ1n) is 11.1. The second-order valence-electron chi connectivity index (χ2n) is 8.74. The van der Waals surface area contributed by atoms with E-state index < -0.39 is 0 Å². The van der Waals surface area contributed by atoms with E-state index in [0.717, 1.165) is 0 Å². The van der Waals surface area contributed by atoms with Crippen molar-refractivity contribution in [1.82, 2.24) is 9.13 Å². The molecule has 4 aromatic carbocycles. The smallest absolute Gasteiger partial charge is 0.339 e. The second-order valence-corrected chi connectivity index (χ2v) is 8.74. The molecule has 6 rings (SSSR count). The standard InChI is InChI=1S/2C15H14N.Zr/c2*1-11-7-12(2)16(10-11)15-8-13-5-3-4-6-14(13)9-15;/h2*3-10H,1-2H3;/q2*-1;+2. The predicted octanol–water partition coefficient (Wildman–Crippen LogP) is 7.93. The number of benzene rings is 2. The van der Waals surface area contributed by atoms with Crippen LogP contribution in [-0.4, -0.2) is 9.13 Å². The number of nitrogens with zero attached hydrogens (tertiary/aromatic N) is 2. The fraction of sp³-hybridized carbons (Fsp3) is 0.133. The van der Waals surface area contributed by atoms with Gasteiger partial charge in [-0.15, -0.1) is 82.2 Å². The van der Waals surface area contributed by atoms with E-state index >= 15 is 0 Å². The zero-order chi connectivity index (χ0) is 22.2. The van der Waals surface area contributed by atoms with Gasteiger partial charge in [-0.25, -0.2) is 0 Å². The summed E-state index contributed by atoms with van der Waals surface area (Å²) in [6, 6.07) is 30.3. The number of aromatic nitrogens is 2. The van der Waals surface area contributed by atoms with Gasteiger partial charge in [0.25, 0.3) is 0 Å². The van der Waals surface area contributed by atoms with E-state index in [1.165, 1.54) is 55.4 Å². The fourth-order valence-electron chi connectivity index (χ4n) is 4.59. The molecule has 0 atom stereocenters. The van der Waals surface area contributed by atoms with Crippen LogP contribution in [-0.2, 0) is 26.2 Å². The first-order valence-corrected chi connectivity index (χ1v) is 11.1. The van der Waals surface area contributed by atoms with E-state index in [1.54, 1.807) is 0 Å². The number of aryl methyl sites for hydroxylation is 4. The molecule has 0 bridgehead atoms. The maximum atomic E-state index is 2.25. The molecule has 6 aromatic rings. The zero-order valence-electron chi connectivity index (χ0n) is 19.6. The van der Waals surface area contributed by atoms with Crippen LogP contribution in [0.5, 0.6) is 0 Å². The number of fused-ring (bicyclic) bond motifs is 2. The third kappa shape index (κ3) is 4.75. The Morgan fingerprint density at radius 2 is 0.939 bits per heavy atom. The van der Waals surface area contributed by atoms with E-state index in [-0.39, 0.29) is 26.2 Å². The third-order valence-electron chi connectivity index (χ3n) is 6.06. The Morgan fingerprint density at radius 1 is 0.545 bits per heavy atom. The molecule has 2 aromatic heterocycles. The molecule has 33 heavy (non-hydrogen) atoms. The Labute approximate surface area is 214 Å². The summed E-state index contributed by atoms with van der Waals surface area (Å²) in [7, 11) is 0. The van der Waals surface area contributed by atoms with Crippen molar-refractivity contribution in [3.8, 4) is 11.4 Å². The summed E-state index contributed by atoms with van der Waals surface area (Å²) >= 11 is 0. The SMILES string of the molecule is Cc1cc(C)n(-c2cc3ccccc3[cH-]2)c1.Cc1cc(C)n(-c2cc3ccccc3[cH-]2)c1.[Zr+2]. The Balaban J connectivity index is 0.000000152. The van der Waals surface area contributed by atoms with Crippen LogP contribution in [0.4, 0.5) is 0 Å². The predicted molar refractivity (Wildman–Crippen MR) is 137 cm³/mol. The van der Waals surface area contributed by atoms with Gasteiger partial charge in [0.2, 0.25) is 0 Å². The van der Waals surface area contributed by atoms with Crippen LogP contribution in [0.1, 0.15) is 22.5 Å². The molecule has 0 saturated carbocycles. The molecule has 0 aliphatic carbocycles. The van der Waals surface area contributed by atoms with Gasteiger partial charge >= 0.3 is 26.2 Å². The summed E-state index contributed by atoms with van der Waals surface area (Å²) in [5.74, 6) is 0. The number of rotatable bonds is 2. The molecule has 0 spiro atoms. The van der Waals surface area contributed by atoms with Crippen molar-refractivity contribution in [2.75, 3.05) is 0 Å². The minimum absolute atomic E-state index is 0. The molecule has 0 amide bonds. The van der Waals surface area contributed by atoms with Crippen LogP contribution in [0.15, 0.2) is 97.3 Å². The minimum Gasteiger partial charge on any atom is -0.339 e. The molecule has 0 saturated heterocycles. The Morgan fingerprint density at radius 3 is 1.27 bits per heavy atom. The minimum atomic E-state index is 0. The molecule has 0 unspecified atom stereocenters. The molecular weight excluding hydrogens is 480 g/mol. The molecule has 0 radical (unpaired) electrons. The van der Waals surface area contributed by atoms with Gasteiger partial charge in [0.05, 0.1) is 0 Å². The van der Waals surface area contributed by atoms with E-state index in [0.29, 0.717) is 0 Å². The van der Waals surface area contributed by atoms with Gasteiger partial charge in [-0.3, -0.25) is 0 Å². The molecule has 0 fully saturated rings. The first-order chi connectivity index (χ1) is 15.5. The molecule has 162 valence electrons. The van der Waals surface area contributed by atoms with E-state index in [2.05, 4.69) is 134 Å². The van der Waals surface area contributed by atoms with Crippen molar-refractivity contribution in [2.24, 2.45) is 0 Å². The van der Waals surface area contributed by atoms with Crippen molar-refractivity contribution in [3.05, 3.63) is 120 Å². The molecule has 0 N–H and O–H groups in total. The Hall–Kier alpha value is -2.90. The summed E-state index contributed by atoms with van der Waals surface area (Å²) < 4.78 is 4.49. The zero-order valence-corrected chi connectivity index (χ0v) is 22.1. The van der Waals surface area contributed by atoms with E-state index in [1.807, 2.05) is 0 Å². The van der Waals surface area contributed by atoms with Crippen LogP contribution >= 0.6 is 0 Å². The van der Waals surface area contributed by atoms with Crippen LogP contribution < -0.4 is 0 Å².